The molecule has 0 saturated carbocycles. The first kappa shape index (κ1) is 17.7. The zero-order valence-electron chi connectivity index (χ0n) is 12.6. The molecule has 1 amide bonds. The first-order valence-corrected chi connectivity index (χ1v) is 8.77. The van der Waals surface area contributed by atoms with Gasteiger partial charge in [0.05, 0.1) is 0 Å². The van der Waals surface area contributed by atoms with E-state index in [0.717, 1.165) is 4.31 Å². The number of amides is 1. The molecule has 1 aliphatic heterocycles. The number of aliphatic carboxylic acids is 1. The van der Waals surface area contributed by atoms with Crippen LogP contribution in [0.4, 0.5) is 0 Å². The van der Waals surface area contributed by atoms with Crippen LogP contribution in [0.3, 0.4) is 0 Å². The summed E-state index contributed by atoms with van der Waals surface area (Å²) in [4.78, 5) is 24.5. The van der Waals surface area contributed by atoms with Gasteiger partial charge in [0.2, 0.25) is 10.0 Å². The summed E-state index contributed by atoms with van der Waals surface area (Å²) in [6.07, 6.45) is 0. The molecule has 1 saturated heterocycles. The lowest BCUT2D eigenvalue weighted by molar-refractivity contribution is -0.140. The Labute approximate surface area is 139 Å². The number of likely N-dealkylation sites (N-methyl/N-ethyl adjacent to an activating group) is 1. The van der Waals surface area contributed by atoms with Crippen LogP contribution in [0.2, 0.25) is 5.02 Å². The van der Waals surface area contributed by atoms with E-state index in [1.165, 1.54) is 24.9 Å². The molecular weight excluding hydrogens is 344 g/mol. The van der Waals surface area contributed by atoms with Crippen molar-refractivity contribution in [1.82, 2.24) is 9.21 Å². The van der Waals surface area contributed by atoms with Gasteiger partial charge in [-0.05, 0) is 25.1 Å². The summed E-state index contributed by atoms with van der Waals surface area (Å²) in [6, 6.07) is 5.26. The van der Waals surface area contributed by atoms with Gasteiger partial charge in [0.1, 0.15) is 11.3 Å². The van der Waals surface area contributed by atoms with Crippen molar-refractivity contribution in [3.05, 3.63) is 34.9 Å². The van der Waals surface area contributed by atoms with Crippen molar-refractivity contribution in [3.8, 4) is 0 Å². The molecule has 1 aromatic rings. The minimum Gasteiger partial charge on any atom is -0.480 e. The molecule has 1 N–H and O–H groups in total. The molecule has 1 aliphatic rings. The van der Waals surface area contributed by atoms with Crippen LogP contribution < -0.4 is 0 Å². The number of hydrogen-bond acceptors (Lipinski definition) is 4. The third-order valence-electron chi connectivity index (χ3n) is 3.93. The number of benzene rings is 1. The van der Waals surface area contributed by atoms with Gasteiger partial charge in [-0.15, -0.1) is 0 Å². The quantitative estimate of drug-likeness (QED) is 0.841. The summed E-state index contributed by atoms with van der Waals surface area (Å²) < 4.78 is 25.5. The maximum atomic E-state index is 12.3. The Kier molecular flexibility index (Phi) is 4.98. The number of likely N-dealkylation sites (tertiary alicyclic amines) is 1. The Morgan fingerprint density at radius 2 is 2.00 bits per heavy atom. The van der Waals surface area contributed by atoms with Crippen molar-refractivity contribution in [3.63, 3.8) is 0 Å². The summed E-state index contributed by atoms with van der Waals surface area (Å²) in [6.45, 7) is 1.36. The maximum Gasteiger partial charge on any atom is 0.321 e. The van der Waals surface area contributed by atoms with Crippen molar-refractivity contribution < 1.29 is 23.1 Å². The predicted octanol–water partition coefficient (Wildman–Crippen LogP) is 0.899. The molecule has 0 aliphatic carbocycles. The molecule has 1 atom stereocenters. The average molecular weight is 361 g/mol. The third-order valence-corrected chi connectivity index (χ3v) is 6.43. The Bertz CT molecular complexity index is 730. The van der Waals surface area contributed by atoms with Gasteiger partial charge in [-0.3, -0.25) is 9.59 Å². The number of rotatable bonds is 5. The van der Waals surface area contributed by atoms with Crippen LogP contribution in [-0.4, -0.2) is 66.0 Å². The van der Waals surface area contributed by atoms with Crippen LogP contribution in [0.25, 0.3) is 0 Å². The highest BCUT2D eigenvalue weighted by molar-refractivity contribution is 7.89. The van der Waals surface area contributed by atoms with E-state index >= 15 is 0 Å². The lowest BCUT2D eigenvalue weighted by Gasteiger charge is -2.40. The second-order valence-corrected chi connectivity index (χ2v) is 8.13. The lowest BCUT2D eigenvalue weighted by Crippen LogP contribution is -2.60. The summed E-state index contributed by atoms with van der Waals surface area (Å²) in [5.41, 5.74) is 0.389. The number of carboxylic acids is 1. The van der Waals surface area contributed by atoms with Crippen molar-refractivity contribution >= 4 is 33.5 Å². The van der Waals surface area contributed by atoms with Gasteiger partial charge in [-0.1, -0.05) is 17.7 Å². The van der Waals surface area contributed by atoms with Crippen molar-refractivity contribution in [2.24, 2.45) is 0 Å². The van der Waals surface area contributed by atoms with E-state index in [9.17, 15) is 18.0 Å². The molecule has 0 aromatic heterocycles. The highest BCUT2D eigenvalue weighted by Gasteiger charge is 2.44. The molecule has 2 rings (SSSR count). The van der Waals surface area contributed by atoms with E-state index in [2.05, 4.69) is 0 Å². The lowest BCUT2D eigenvalue weighted by atomic mass is 10.1. The van der Waals surface area contributed by atoms with E-state index in [0.29, 0.717) is 10.6 Å². The standard InChI is InChI=1S/C14H17ClN2O5S/c1-9(14(19)20)16(2)23(21,22)12-7-17(8-12)13(18)10-4-3-5-11(15)6-10/h3-6,9,12H,7-8H2,1-2H3,(H,19,20). The maximum absolute atomic E-state index is 12.3. The average Bonchev–Trinajstić information content (AvgIpc) is 2.43. The van der Waals surface area contributed by atoms with E-state index in [-0.39, 0.29) is 19.0 Å². The normalized spacial score (nSPS) is 17.0. The second kappa shape index (κ2) is 6.46. The number of hydrogen-bond donors (Lipinski definition) is 1. The summed E-state index contributed by atoms with van der Waals surface area (Å²) >= 11 is 5.83. The van der Waals surface area contributed by atoms with Crippen LogP contribution in [-0.2, 0) is 14.8 Å². The predicted molar refractivity (Wildman–Crippen MR) is 84.9 cm³/mol. The van der Waals surface area contributed by atoms with E-state index in [4.69, 9.17) is 16.7 Å². The fraction of sp³-hybridized carbons (Fsp3) is 0.429. The van der Waals surface area contributed by atoms with Crippen LogP contribution in [0.1, 0.15) is 17.3 Å². The minimum atomic E-state index is -3.77. The second-order valence-electron chi connectivity index (χ2n) is 5.42. The monoisotopic (exact) mass is 360 g/mol. The molecule has 1 unspecified atom stereocenters. The zero-order chi connectivity index (χ0) is 17.4. The van der Waals surface area contributed by atoms with Gasteiger partial charge >= 0.3 is 5.97 Å². The van der Waals surface area contributed by atoms with Gasteiger partial charge < -0.3 is 10.0 Å². The molecule has 1 heterocycles. The van der Waals surface area contributed by atoms with Crippen molar-refractivity contribution in [2.45, 2.75) is 18.2 Å². The molecule has 0 radical (unpaired) electrons. The molecule has 1 fully saturated rings. The fourth-order valence-electron chi connectivity index (χ4n) is 2.21. The number of nitrogens with zero attached hydrogens (tertiary/aromatic N) is 2. The van der Waals surface area contributed by atoms with Gasteiger partial charge in [0.25, 0.3) is 5.91 Å². The zero-order valence-corrected chi connectivity index (χ0v) is 14.2. The van der Waals surface area contributed by atoms with Crippen LogP contribution >= 0.6 is 11.6 Å². The van der Waals surface area contributed by atoms with E-state index in [1.54, 1.807) is 18.2 Å². The number of carbonyl (C=O) groups is 2. The number of carbonyl (C=O) groups excluding carboxylic acids is 1. The largest absolute Gasteiger partial charge is 0.480 e. The molecule has 23 heavy (non-hydrogen) atoms. The van der Waals surface area contributed by atoms with Gasteiger partial charge in [0, 0.05) is 30.7 Å². The topological polar surface area (TPSA) is 95.0 Å². The SMILES string of the molecule is CC(C(=O)O)N(C)S(=O)(=O)C1CN(C(=O)c2cccc(Cl)c2)C1. The van der Waals surface area contributed by atoms with Crippen molar-refractivity contribution in [1.29, 1.82) is 0 Å². The number of carboxylic acid groups (broad SMARTS) is 1. The minimum absolute atomic E-state index is 0.0321. The van der Waals surface area contributed by atoms with Gasteiger partial charge in [-0.25, -0.2) is 8.42 Å². The van der Waals surface area contributed by atoms with Gasteiger partial charge in [-0.2, -0.15) is 4.31 Å². The first-order valence-electron chi connectivity index (χ1n) is 6.89. The molecule has 1 aromatic carbocycles. The Morgan fingerprint density at radius 1 is 1.39 bits per heavy atom. The molecule has 7 nitrogen and oxygen atoms in total. The fourth-order valence-corrected chi connectivity index (χ4v) is 4.14. The van der Waals surface area contributed by atoms with Crippen molar-refractivity contribution in [2.75, 3.05) is 20.1 Å². The summed E-state index contributed by atoms with van der Waals surface area (Å²) in [5.74, 6) is -1.52. The summed E-state index contributed by atoms with van der Waals surface area (Å²) in [5, 5.41) is 8.55. The first-order chi connectivity index (χ1) is 10.6. The van der Waals surface area contributed by atoms with Crippen LogP contribution in [0.5, 0.6) is 0 Å². The molecule has 9 heteroatoms. The van der Waals surface area contributed by atoms with Gasteiger partial charge in [0.15, 0.2) is 0 Å². The molecule has 0 bridgehead atoms. The Balaban J connectivity index is 2.03. The number of halogens is 1. The van der Waals surface area contributed by atoms with Crippen LogP contribution in [0, 0.1) is 0 Å². The Morgan fingerprint density at radius 3 is 2.52 bits per heavy atom. The highest BCUT2D eigenvalue weighted by atomic mass is 35.5. The molecule has 126 valence electrons. The number of sulfonamides is 1. The van der Waals surface area contributed by atoms with E-state index < -0.39 is 27.3 Å². The third kappa shape index (κ3) is 3.49. The smallest absolute Gasteiger partial charge is 0.321 e. The summed E-state index contributed by atoms with van der Waals surface area (Å²) in [7, 11) is -2.54. The highest BCUT2D eigenvalue weighted by Crippen LogP contribution is 2.23. The molecule has 0 spiro atoms. The van der Waals surface area contributed by atoms with E-state index in [1.807, 2.05) is 0 Å². The molecular formula is C14H17ClN2O5S. The van der Waals surface area contributed by atoms with Crippen LogP contribution in [0.15, 0.2) is 24.3 Å². The Hall–Kier alpha value is -1.64.